The van der Waals surface area contributed by atoms with Crippen LogP contribution >= 0.6 is 0 Å². The van der Waals surface area contributed by atoms with Crippen molar-refractivity contribution in [1.29, 1.82) is 0 Å². The van der Waals surface area contributed by atoms with Crippen molar-refractivity contribution in [2.24, 2.45) is 0 Å². The molecule has 1 aromatic heterocycles. The standard InChI is InChI=1S/C14H16N2O3/c1-9-3-6-12(19-2)10(7-9)4-5-11-13(14(17)18)16-8-15-11/h3,6-8H,4-5H2,1-2H3,(H,15,16)(H,17,18). The lowest BCUT2D eigenvalue weighted by molar-refractivity contribution is 0.0690. The highest BCUT2D eigenvalue weighted by Gasteiger charge is 2.13. The average molecular weight is 260 g/mol. The molecular formula is C14H16N2O3. The molecule has 0 aliphatic carbocycles. The van der Waals surface area contributed by atoms with Crippen molar-refractivity contribution < 1.29 is 14.6 Å². The van der Waals surface area contributed by atoms with Gasteiger partial charge >= 0.3 is 5.97 Å². The molecule has 0 spiro atoms. The van der Waals surface area contributed by atoms with Crippen molar-refractivity contribution in [3.05, 3.63) is 47.0 Å². The maximum Gasteiger partial charge on any atom is 0.356 e. The number of nitrogens with one attached hydrogen (secondary N) is 1. The Morgan fingerprint density at radius 1 is 1.42 bits per heavy atom. The quantitative estimate of drug-likeness (QED) is 0.864. The molecule has 2 N–H and O–H groups in total. The Labute approximate surface area is 111 Å². The smallest absolute Gasteiger partial charge is 0.356 e. The zero-order chi connectivity index (χ0) is 13.8. The number of carboxylic acids is 1. The van der Waals surface area contributed by atoms with Gasteiger partial charge in [0.2, 0.25) is 0 Å². The first-order valence-electron chi connectivity index (χ1n) is 6.01. The van der Waals surface area contributed by atoms with Crippen LogP contribution in [0.25, 0.3) is 0 Å². The van der Waals surface area contributed by atoms with E-state index in [2.05, 4.69) is 16.0 Å². The number of methoxy groups -OCH3 is 1. The van der Waals surface area contributed by atoms with Gasteiger partial charge in [-0.05, 0) is 31.4 Å². The van der Waals surface area contributed by atoms with Crippen LogP contribution in [0.4, 0.5) is 0 Å². The van der Waals surface area contributed by atoms with Gasteiger partial charge in [0.15, 0.2) is 5.69 Å². The third-order valence-corrected chi connectivity index (χ3v) is 3.00. The molecule has 2 rings (SSSR count). The van der Waals surface area contributed by atoms with E-state index < -0.39 is 5.97 Å². The van der Waals surface area contributed by atoms with Crippen molar-refractivity contribution in [3.63, 3.8) is 0 Å². The molecule has 100 valence electrons. The largest absolute Gasteiger partial charge is 0.496 e. The zero-order valence-corrected chi connectivity index (χ0v) is 10.9. The van der Waals surface area contributed by atoms with Gasteiger partial charge in [0.25, 0.3) is 0 Å². The van der Waals surface area contributed by atoms with Crippen molar-refractivity contribution >= 4 is 5.97 Å². The highest BCUT2D eigenvalue weighted by Crippen LogP contribution is 2.21. The van der Waals surface area contributed by atoms with Gasteiger partial charge in [-0.1, -0.05) is 17.7 Å². The van der Waals surface area contributed by atoms with Gasteiger partial charge in [-0.3, -0.25) is 0 Å². The molecule has 1 aromatic carbocycles. The second-order valence-corrected chi connectivity index (χ2v) is 4.35. The van der Waals surface area contributed by atoms with E-state index in [0.717, 1.165) is 16.9 Å². The summed E-state index contributed by atoms with van der Waals surface area (Å²) in [5.74, 6) is -0.186. The molecule has 0 aliphatic rings. The minimum atomic E-state index is -1.01. The van der Waals surface area contributed by atoms with E-state index in [9.17, 15) is 4.79 Å². The SMILES string of the molecule is COc1ccc(C)cc1CCc1[nH]cnc1C(=O)O. The minimum absolute atomic E-state index is 0.0895. The summed E-state index contributed by atoms with van der Waals surface area (Å²) in [4.78, 5) is 17.6. The lowest BCUT2D eigenvalue weighted by Gasteiger charge is -2.09. The molecule has 0 bridgehead atoms. The number of carboxylic acid groups (broad SMARTS) is 1. The van der Waals surface area contributed by atoms with E-state index in [-0.39, 0.29) is 5.69 Å². The number of aromatic amines is 1. The third-order valence-electron chi connectivity index (χ3n) is 3.00. The lowest BCUT2D eigenvalue weighted by atomic mass is 10.0. The van der Waals surface area contributed by atoms with Crippen LogP contribution in [0.2, 0.25) is 0 Å². The van der Waals surface area contributed by atoms with Gasteiger partial charge in [0, 0.05) is 5.69 Å². The molecule has 0 amide bonds. The normalized spacial score (nSPS) is 10.4. The number of rotatable bonds is 5. The molecule has 0 atom stereocenters. The molecule has 2 aromatic rings. The van der Waals surface area contributed by atoms with E-state index in [1.54, 1.807) is 7.11 Å². The number of H-pyrrole nitrogens is 1. The third kappa shape index (κ3) is 2.93. The second kappa shape index (κ2) is 5.56. The Morgan fingerprint density at radius 2 is 2.21 bits per heavy atom. The first kappa shape index (κ1) is 13.1. The summed E-state index contributed by atoms with van der Waals surface area (Å²) in [7, 11) is 1.63. The minimum Gasteiger partial charge on any atom is -0.496 e. The summed E-state index contributed by atoms with van der Waals surface area (Å²) in [5.41, 5.74) is 2.94. The number of aromatic carboxylic acids is 1. The van der Waals surface area contributed by atoms with Crippen LogP contribution in [0.5, 0.6) is 5.75 Å². The van der Waals surface area contributed by atoms with E-state index in [1.165, 1.54) is 6.33 Å². The number of imidazole rings is 1. The second-order valence-electron chi connectivity index (χ2n) is 4.35. The van der Waals surface area contributed by atoms with E-state index in [1.807, 2.05) is 19.1 Å². The number of carbonyl (C=O) groups is 1. The molecule has 5 nitrogen and oxygen atoms in total. The van der Waals surface area contributed by atoms with Gasteiger partial charge in [-0.25, -0.2) is 9.78 Å². The molecule has 0 radical (unpaired) electrons. The average Bonchev–Trinajstić information content (AvgIpc) is 2.85. The summed E-state index contributed by atoms with van der Waals surface area (Å²) in [6, 6.07) is 5.96. The summed E-state index contributed by atoms with van der Waals surface area (Å²) in [6.45, 7) is 2.02. The fourth-order valence-electron chi connectivity index (χ4n) is 2.06. The van der Waals surface area contributed by atoms with Crippen molar-refractivity contribution in [1.82, 2.24) is 9.97 Å². The number of aromatic nitrogens is 2. The van der Waals surface area contributed by atoms with Gasteiger partial charge in [0.05, 0.1) is 13.4 Å². The number of nitrogens with zero attached hydrogens (tertiary/aromatic N) is 1. The number of ether oxygens (including phenoxy) is 1. The molecule has 0 saturated heterocycles. The first-order chi connectivity index (χ1) is 9.11. The number of hydrogen-bond donors (Lipinski definition) is 2. The first-order valence-corrected chi connectivity index (χ1v) is 6.01. The highest BCUT2D eigenvalue weighted by atomic mass is 16.5. The van der Waals surface area contributed by atoms with Crippen LogP contribution in [-0.2, 0) is 12.8 Å². The van der Waals surface area contributed by atoms with Crippen molar-refractivity contribution in [2.45, 2.75) is 19.8 Å². The molecule has 5 heteroatoms. The number of aryl methyl sites for hydroxylation is 3. The van der Waals surface area contributed by atoms with Crippen LogP contribution in [0.3, 0.4) is 0 Å². The molecule has 0 aliphatic heterocycles. The van der Waals surface area contributed by atoms with E-state index >= 15 is 0 Å². The molecule has 0 unspecified atom stereocenters. The Morgan fingerprint density at radius 3 is 2.89 bits per heavy atom. The van der Waals surface area contributed by atoms with Crippen LogP contribution < -0.4 is 4.74 Å². The molecule has 0 fully saturated rings. The molecule has 1 heterocycles. The van der Waals surface area contributed by atoms with Crippen molar-refractivity contribution in [2.75, 3.05) is 7.11 Å². The predicted octanol–water partition coefficient (Wildman–Crippen LogP) is 2.21. The Balaban J connectivity index is 2.16. The van der Waals surface area contributed by atoms with Crippen molar-refractivity contribution in [3.8, 4) is 5.75 Å². The van der Waals surface area contributed by atoms with Gasteiger partial charge < -0.3 is 14.8 Å². The fraction of sp³-hybridized carbons (Fsp3) is 0.286. The molecular weight excluding hydrogens is 244 g/mol. The van der Waals surface area contributed by atoms with Gasteiger partial charge in [0.1, 0.15) is 5.75 Å². The Kier molecular flexibility index (Phi) is 3.85. The topological polar surface area (TPSA) is 75.2 Å². The summed E-state index contributed by atoms with van der Waals surface area (Å²) < 4.78 is 5.31. The van der Waals surface area contributed by atoms with E-state index in [4.69, 9.17) is 9.84 Å². The summed E-state index contributed by atoms with van der Waals surface area (Å²) >= 11 is 0. The highest BCUT2D eigenvalue weighted by molar-refractivity contribution is 5.86. The van der Waals surface area contributed by atoms with E-state index in [0.29, 0.717) is 18.5 Å². The maximum absolute atomic E-state index is 11.0. The van der Waals surface area contributed by atoms with Crippen LogP contribution in [0.15, 0.2) is 24.5 Å². The van der Waals surface area contributed by atoms with Gasteiger partial charge in [-0.15, -0.1) is 0 Å². The summed E-state index contributed by atoms with van der Waals surface area (Å²) in [6.07, 6.45) is 2.70. The molecule has 19 heavy (non-hydrogen) atoms. The zero-order valence-electron chi connectivity index (χ0n) is 10.9. The monoisotopic (exact) mass is 260 g/mol. The maximum atomic E-state index is 11.0. The number of hydrogen-bond acceptors (Lipinski definition) is 3. The Bertz CT molecular complexity index is 590. The summed E-state index contributed by atoms with van der Waals surface area (Å²) in [5, 5.41) is 8.99. The predicted molar refractivity (Wildman–Crippen MR) is 70.7 cm³/mol. The van der Waals surface area contributed by atoms with Crippen LogP contribution in [0.1, 0.15) is 27.3 Å². The van der Waals surface area contributed by atoms with Crippen LogP contribution in [-0.4, -0.2) is 28.2 Å². The molecule has 0 saturated carbocycles. The van der Waals surface area contributed by atoms with Crippen LogP contribution in [0, 0.1) is 6.92 Å². The fourth-order valence-corrected chi connectivity index (χ4v) is 2.06. The number of benzene rings is 1. The Hall–Kier alpha value is -2.30. The lowest BCUT2D eigenvalue weighted by Crippen LogP contribution is -2.04. The van der Waals surface area contributed by atoms with Gasteiger partial charge in [-0.2, -0.15) is 0 Å².